The standard InChI is InChI=1S/C18H30N2/c1-5-6-16-7-9-17(10-8-16)15(3)19-18-11-12-20(4)14(2)13-18/h7-10,14-15,18-19H,5-6,11-13H2,1-4H3. The van der Waals surface area contributed by atoms with Crippen LogP contribution in [0.4, 0.5) is 0 Å². The molecule has 0 radical (unpaired) electrons. The summed E-state index contributed by atoms with van der Waals surface area (Å²) in [6, 6.07) is 11.0. The van der Waals surface area contributed by atoms with Crippen LogP contribution in [0.3, 0.4) is 0 Å². The van der Waals surface area contributed by atoms with Crippen LogP contribution in [0.25, 0.3) is 0 Å². The number of aryl methyl sites for hydroxylation is 1. The maximum Gasteiger partial charge on any atom is 0.0294 e. The molecule has 1 aromatic rings. The SMILES string of the molecule is CCCc1ccc(C(C)NC2CCN(C)C(C)C2)cc1. The predicted molar refractivity (Wildman–Crippen MR) is 87.1 cm³/mol. The molecule has 20 heavy (non-hydrogen) atoms. The Morgan fingerprint density at radius 3 is 2.60 bits per heavy atom. The Kier molecular flexibility index (Phi) is 5.62. The molecule has 0 bridgehead atoms. The summed E-state index contributed by atoms with van der Waals surface area (Å²) in [5, 5.41) is 3.81. The van der Waals surface area contributed by atoms with Gasteiger partial charge in [0.1, 0.15) is 0 Å². The highest BCUT2D eigenvalue weighted by Crippen LogP contribution is 2.20. The number of rotatable bonds is 5. The first-order valence-corrected chi connectivity index (χ1v) is 8.15. The molecule has 3 atom stereocenters. The fourth-order valence-corrected chi connectivity index (χ4v) is 3.15. The van der Waals surface area contributed by atoms with Crippen LogP contribution in [0, 0.1) is 0 Å². The number of benzene rings is 1. The fraction of sp³-hybridized carbons (Fsp3) is 0.667. The highest BCUT2D eigenvalue weighted by molar-refractivity contribution is 5.25. The van der Waals surface area contributed by atoms with Crippen molar-refractivity contribution in [1.29, 1.82) is 0 Å². The average Bonchev–Trinajstić information content (AvgIpc) is 2.44. The molecular weight excluding hydrogens is 244 g/mol. The van der Waals surface area contributed by atoms with Crippen molar-refractivity contribution in [3.05, 3.63) is 35.4 Å². The van der Waals surface area contributed by atoms with Gasteiger partial charge in [-0.3, -0.25) is 0 Å². The topological polar surface area (TPSA) is 15.3 Å². The Morgan fingerprint density at radius 2 is 2.00 bits per heavy atom. The van der Waals surface area contributed by atoms with Crippen LogP contribution in [0.2, 0.25) is 0 Å². The summed E-state index contributed by atoms with van der Waals surface area (Å²) >= 11 is 0. The van der Waals surface area contributed by atoms with Crippen molar-refractivity contribution in [1.82, 2.24) is 10.2 Å². The Labute approximate surface area is 124 Å². The fourth-order valence-electron chi connectivity index (χ4n) is 3.15. The lowest BCUT2D eigenvalue weighted by molar-refractivity contribution is 0.163. The van der Waals surface area contributed by atoms with Crippen molar-refractivity contribution in [2.24, 2.45) is 0 Å². The Morgan fingerprint density at radius 1 is 1.30 bits per heavy atom. The highest BCUT2D eigenvalue weighted by atomic mass is 15.1. The summed E-state index contributed by atoms with van der Waals surface area (Å²) in [6.07, 6.45) is 4.93. The molecule has 0 saturated carbocycles. The van der Waals surface area contributed by atoms with Gasteiger partial charge in [-0.2, -0.15) is 0 Å². The van der Waals surface area contributed by atoms with E-state index < -0.39 is 0 Å². The van der Waals surface area contributed by atoms with Crippen LogP contribution in [-0.4, -0.2) is 30.6 Å². The molecule has 112 valence electrons. The molecule has 1 aliphatic heterocycles. The van der Waals surface area contributed by atoms with Gasteiger partial charge in [0.25, 0.3) is 0 Å². The lowest BCUT2D eigenvalue weighted by atomic mass is 9.96. The normalized spacial score (nSPS) is 25.6. The van der Waals surface area contributed by atoms with Gasteiger partial charge in [0.2, 0.25) is 0 Å². The van der Waals surface area contributed by atoms with Crippen molar-refractivity contribution >= 4 is 0 Å². The first kappa shape index (κ1) is 15.5. The van der Waals surface area contributed by atoms with Gasteiger partial charge in [0, 0.05) is 18.1 Å². The van der Waals surface area contributed by atoms with E-state index in [2.05, 4.69) is 62.3 Å². The third-order valence-electron chi connectivity index (χ3n) is 4.71. The van der Waals surface area contributed by atoms with Gasteiger partial charge in [0.15, 0.2) is 0 Å². The summed E-state index contributed by atoms with van der Waals surface area (Å²) in [4.78, 5) is 2.46. The van der Waals surface area contributed by atoms with E-state index in [1.807, 2.05) is 0 Å². The minimum atomic E-state index is 0.450. The van der Waals surface area contributed by atoms with Crippen LogP contribution in [0.15, 0.2) is 24.3 Å². The van der Waals surface area contributed by atoms with E-state index in [0.29, 0.717) is 18.1 Å². The number of piperidine rings is 1. The van der Waals surface area contributed by atoms with Crippen molar-refractivity contribution in [2.45, 2.75) is 64.6 Å². The molecule has 1 fully saturated rings. The van der Waals surface area contributed by atoms with E-state index in [-0.39, 0.29) is 0 Å². The van der Waals surface area contributed by atoms with Crippen molar-refractivity contribution in [3.63, 3.8) is 0 Å². The molecule has 0 aliphatic carbocycles. The van der Waals surface area contributed by atoms with Crippen molar-refractivity contribution < 1.29 is 0 Å². The first-order chi connectivity index (χ1) is 9.60. The lowest BCUT2D eigenvalue weighted by Gasteiger charge is -2.36. The van der Waals surface area contributed by atoms with Gasteiger partial charge in [-0.25, -0.2) is 0 Å². The first-order valence-electron chi connectivity index (χ1n) is 8.15. The molecule has 0 amide bonds. The predicted octanol–water partition coefficient (Wildman–Crippen LogP) is 3.77. The van der Waals surface area contributed by atoms with Gasteiger partial charge in [-0.1, -0.05) is 37.6 Å². The van der Waals surface area contributed by atoms with Gasteiger partial charge < -0.3 is 10.2 Å². The highest BCUT2D eigenvalue weighted by Gasteiger charge is 2.23. The smallest absolute Gasteiger partial charge is 0.0294 e. The summed E-state index contributed by atoms with van der Waals surface area (Å²) in [5.41, 5.74) is 2.87. The molecule has 0 aromatic heterocycles. The second-order valence-corrected chi connectivity index (χ2v) is 6.43. The van der Waals surface area contributed by atoms with E-state index in [4.69, 9.17) is 0 Å². The third-order valence-corrected chi connectivity index (χ3v) is 4.71. The molecule has 1 aliphatic rings. The lowest BCUT2D eigenvalue weighted by Crippen LogP contribution is -2.46. The number of likely N-dealkylation sites (tertiary alicyclic amines) is 1. The second-order valence-electron chi connectivity index (χ2n) is 6.43. The van der Waals surface area contributed by atoms with Crippen LogP contribution >= 0.6 is 0 Å². The van der Waals surface area contributed by atoms with Crippen LogP contribution in [0.5, 0.6) is 0 Å². The quantitative estimate of drug-likeness (QED) is 0.879. The molecule has 1 heterocycles. The minimum absolute atomic E-state index is 0.450. The zero-order valence-corrected chi connectivity index (χ0v) is 13.5. The maximum atomic E-state index is 3.81. The van der Waals surface area contributed by atoms with E-state index >= 15 is 0 Å². The number of hydrogen-bond donors (Lipinski definition) is 1. The molecular formula is C18H30N2. The zero-order chi connectivity index (χ0) is 14.5. The van der Waals surface area contributed by atoms with E-state index in [0.717, 1.165) is 0 Å². The number of nitrogens with zero attached hydrogens (tertiary/aromatic N) is 1. The molecule has 2 nitrogen and oxygen atoms in total. The monoisotopic (exact) mass is 274 g/mol. The van der Waals surface area contributed by atoms with E-state index in [1.54, 1.807) is 0 Å². The second kappa shape index (κ2) is 7.24. The Bertz CT molecular complexity index is 398. The van der Waals surface area contributed by atoms with Gasteiger partial charge in [-0.15, -0.1) is 0 Å². The largest absolute Gasteiger partial charge is 0.307 e. The van der Waals surface area contributed by atoms with Gasteiger partial charge in [-0.05, 0) is 57.8 Å². The molecule has 1 saturated heterocycles. The summed E-state index contributed by atoms with van der Waals surface area (Å²) in [6.45, 7) is 8.07. The summed E-state index contributed by atoms with van der Waals surface area (Å²) in [5.74, 6) is 0. The van der Waals surface area contributed by atoms with Crippen molar-refractivity contribution in [3.8, 4) is 0 Å². The van der Waals surface area contributed by atoms with Crippen LogP contribution in [-0.2, 0) is 6.42 Å². The number of hydrogen-bond acceptors (Lipinski definition) is 2. The summed E-state index contributed by atoms with van der Waals surface area (Å²) < 4.78 is 0. The third kappa shape index (κ3) is 4.07. The molecule has 2 heteroatoms. The Hall–Kier alpha value is -0.860. The van der Waals surface area contributed by atoms with Crippen LogP contribution in [0.1, 0.15) is 57.2 Å². The van der Waals surface area contributed by atoms with Gasteiger partial charge >= 0.3 is 0 Å². The molecule has 1 aromatic carbocycles. The minimum Gasteiger partial charge on any atom is -0.307 e. The summed E-state index contributed by atoms with van der Waals surface area (Å²) in [7, 11) is 2.23. The average molecular weight is 274 g/mol. The van der Waals surface area contributed by atoms with E-state index in [9.17, 15) is 0 Å². The van der Waals surface area contributed by atoms with E-state index in [1.165, 1.54) is 43.4 Å². The number of nitrogens with one attached hydrogen (secondary N) is 1. The van der Waals surface area contributed by atoms with Crippen molar-refractivity contribution in [2.75, 3.05) is 13.6 Å². The molecule has 3 unspecified atom stereocenters. The Balaban J connectivity index is 1.89. The molecule has 2 rings (SSSR count). The maximum absolute atomic E-state index is 3.81. The van der Waals surface area contributed by atoms with Crippen LogP contribution < -0.4 is 5.32 Å². The molecule has 1 N–H and O–H groups in total. The zero-order valence-electron chi connectivity index (χ0n) is 13.5. The van der Waals surface area contributed by atoms with Gasteiger partial charge in [0.05, 0.1) is 0 Å². The molecule has 0 spiro atoms.